The van der Waals surface area contributed by atoms with Crippen LogP contribution in [0.2, 0.25) is 0 Å². The second-order valence-corrected chi connectivity index (χ2v) is 7.58. The van der Waals surface area contributed by atoms with E-state index in [-0.39, 0.29) is 18.3 Å². The molecule has 140 valence electrons. The Morgan fingerprint density at radius 2 is 1.68 bits per heavy atom. The number of carbonyl (C=O) groups excluding carboxylic acids is 1. The first kappa shape index (κ1) is 20.1. The summed E-state index contributed by atoms with van der Waals surface area (Å²) >= 11 is 0. The van der Waals surface area contributed by atoms with Gasteiger partial charge in [-0.05, 0) is 69.1 Å². The Balaban J connectivity index is 0.00000225. The minimum atomic E-state index is 0. The van der Waals surface area contributed by atoms with Crippen LogP contribution in [-0.2, 0) is 4.74 Å². The van der Waals surface area contributed by atoms with Gasteiger partial charge in [0.1, 0.15) is 0 Å². The van der Waals surface area contributed by atoms with E-state index < -0.39 is 0 Å². The Morgan fingerprint density at radius 1 is 1.08 bits per heavy atom. The monoisotopic (exact) mass is 366 g/mol. The number of halogens is 1. The normalized spacial score (nSPS) is 24.6. The SMILES string of the molecule is Cc1ccc(N)cc1C(=O)N1CCC(OC2CCC(C)CC2)CC1.Cl. The average Bonchev–Trinajstić information content (AvgIpc) is 2.59. The van der Waals surface area contributed by atoms with Gasteiger partial charge in [-0.1, -0.05) is 13.0 Å². The number of ether oxygens (including phenoxy) is 1. The Hall–Kier alpha value is -1.26. The molecule has 3 rings (SSSR count). The molecule has 2 aliphatic rings. The summed E-state index contributed by atoms with van der Waals surface area (Å²) in [6, 6.07) is 5.56. The molecule has 1 amide bonds. The summed E-state index contributed by atoms with van der Waals surface area (Å²) in [5.74, 6) is 0.954. The lowest BCUT2D eigenvalue weighted by Gasteiger charge is -2.36. The number of amides is 1. The van der Waals surface area contributed by atoms with E-state index in [2.05, 4.69) is 6.92 Å². The smallest absolute Gasteiger partial charge is 0.254 e. The molecule has 1 saturated carbocycles. The van der Waals surface area contributed by atoms with Crippen molar-refractivity contribution in [1.82, 2.24) is 4.90 Å². The third-order valence-electron chi connectivity index (χ3n) is 5.57. The molecule has 0 aromatic heterocycles. The first-order valence-electron chi connectivity index (χ1n) is 9.34. The third-order valence-corrected chi connectivity index (χ3v) is 5.57. The van der Waals surface area contributed by atoms with Crippen LogP contribution in [0.25, 0.3) is 0 Å². The average molecular weight is 367 g/mol. The van der Waals surface area contributed by atoms with Crippen LogP contribution in [0.15, 0.2) is 18.2 Å². The number of nitrogens with zero attached hydrogens (tertiary/aromatic N) is 1. The van der Waals surface area contributed by atoms with Gasteiger partial charge in [-0.3, -0.25) is 4.79 Å². The van der Waals surface area contributed by atoms with E-state index in [9.17, 15) is 4.79 Å². The van der Waals surface area contributed by atoms with Crippen LogP contribution in [0.4, 0.5) is 5.69 Å². The summed E-state index contributed by atoms with van der Waals surface area (Å²) < 4.78 is 6.30. The molecule has 2 N–H and O–H groups in total. The number of piperidine rings is 1. The molecule has 1 aliphatic carbocycles. The molecule has 1 saturated heterocycles. The molecule has 4 nitrogen and oxygen atoms in total. The lowest BCUT2D eigenvalue weighted by Crippen LogP contribution is -2.42. The van der Waals surface area contributed by atoms with Crippen molar-refractivity contribution in [3.8, 4) is 0 Å². The zero-order valence-electron chi connectivity index (χ0n) is 15.4. The molecule has 2 fully saturated rings. The fraction of sp³-hybridized carbons (Fsp3) is 0.650. The molecule has 1 heterocycles. The standard InChI is InChI=1S/C20H30N2O2.ClH/c1-14-3-7-17(8-4-14)24-18-9-11-22(12-10-18)20(23)19-13-16(21)6-5-15(19)2;/h5-6,13-14,17-18H,3-4,7-12,21H2,1-2H3;1H. The Bertz CT molecular complexity index is 577. The van der Waals surface area contributed by atoms with Gasteiger partial charge in [0.2, 0.25) is 0 Å². The van der Waals surface area contributed by atoms with E-state index >= 15 is 0 Å². The molecule has 0 unspecified atom stereocenters. The van der Waals surface area contributed by atoms with E-state index in [1.54, 1.807) is 6.07 Å². The quantitative estimate of drug-likeness (QED) is 0.815. The van der Waals surface area contributed by atoms with Crippen molar-refractivity contribution in [2.75, 3.05) is 18.8 Å². The molecular formula is C20H31ClN2O2. The fourth-order valence-corrected chi connectivity index (χ4v) is 3.87. The molecular weight excluding hydrogens is 336 g/mol. The summed E-state index contributed by atoms with van der Waals surface area (Å²) in [7, 11) is 0. The van der Waals surface area contributed by atoms with Crippen LogP contribution in [0.5, 0.6) is 0 Å². The molecule has 25 heavy (non-hydrogen) atoms. The number of anilines is 1. The lowest BCUT2D eigenvalue weighted by molar-refractivity contribution is -0.0570. The van der Waals surface area contributed by atoms with E-state index in [1.807, 2.05) is 24.0 Å². The van der Waals surface area contributed by atoms with Gasteiger partial charge in [0.15, 0.2) is 0 Å². The van der Waals surface area contributed by atoms with Crippen molar-refractivity contribution in [2.24, 2.45) is 5.92 Å². The van der Waals surface area contributed by atoms with Gasteiger partial charge >= 0.3 is 0 Å². The maximum atomic E-state index is 12.7. The molecule has 0 radical (unpaired) electrons. The predicted octanol–water partition coefficient (Wildman–Crippen LogP) is 4.20. The first-order valence-corrected chi connectivity index (χ1v) is 9.34. The van der Waals surface area contributed by atoms with Crippen LogP contribution < -0.4 is 5.73 Å². The number of hydrogen-bond donors (Lipinski definition) is 1. The minimum Gasteiger partial charge on any atom is -0.399 e. The maximum Gasteiger partial charge on any atom is 0.254 e. The second kappa shape index (κ2) is 8.91. The molecule has 0 atom stereocenters. The van der Waals surface area contributed by atoms with Gasteiger partial charge in [0, 0.05) is 24.3 Å². The van der Waals surface area contributed by atoms with E-state index in [0.29, 0.717) is 17.9 Å². The van der Waals surface area contributed by atoms with Gasteiger partial charge in [0.05, 0.1) is 12.2 Å². The highest BCUT2D eigenvalue weighted by atomic mass is 35.5. The van der Waals surface area contributed by atoms with Gasteiger partial charge in [-0.2, -0.15) is 0 Å². The zero-order valence-corrected chi connectivity index (χ0v) is 16.2. The van der Waals surface area contributed by atoms with E-state index in [1.165, 1.54) is 25.7 Å². The summed E-state index contributed by atoms with van der Waals surface area (Å²) in [5.41, 5.74) is 8.21. The van der Waals surface area contributed by atoms with Gasteiger partial charge < -0.3 is 15.4 Å². The molecule has 0 bridgehead atoms. The van der Waals surface area contributed by atoms with Crippen molar-refractivity contribution in [1.29, 1.82) is 0 Å². The summed E-state index contributed by atoms with van der Waals surface area (Å²) in [6.45, 7) is 5.85. The van der Waals surface area contributed by atoms with Gasteiger partial charge in [-0.15, -0.1) is 12.4 Å². The fourth-order valence-electron chi connectivity index (χ4n) is 3.87. The number of nitrogen functional groups attached to an aromatic ring is 1. The molecule has 1 aromatic rings. The highest BCUT2D eigenvalue weighted by Gasteiger charge is 2.28. The molecule has 1 aromatic carbocycles. The van der Waals surface area contributed by atoms with Crippen LogP contribution in [0, 0.1) is 12.8 Å². The summed E-state index contributed by atoms with van der Waals surface area (Å²) in [4.78, 5) is 14.7. The van der Waals surface area contributed by atoms with Crippen molar-refractivity contribution in [3.63, 3.8) is 0 Å². The molecule has 1 aliphatic heterocycles. The number of hydrogen-bond acceptors (Lipinski definition) is 3. The maximum absolute atomic E-state index is 12.7. The van der Waals surface area contributed by atoms with E-state index in [4.69, 9.17) is 10.5 Å². The van der Waals surface area contributed by atoms with Crippen molar-refractivity contribution in [3.05, 3.63) is 29.3 Å². The number of likely N-dealkylation sites (tertiary alicyclic amines) is 1. The van der Waals surface area contributed by atoms with Crippen molar-refractivity contribution >= 4 is 24.0 Å². The van der Waals surface area contributed by atoms with Gasteiger partial charge in [0.25, 0.3) is 5.91 Å². The Labute approximate surface area is 157 Å². The highest BCUT2D eigenvalue weighted by Crippen LogP contribution is 2.28. The number of benzene rings is 1. The number of carbonyl (C=O) groups is 1. The second-order valence-electron chi connectivity index (χ2n) is 7.58. The van der Waals surface area contributed by atoms with Crippen molar-refractivity contribution < 1.29 is 9.53 Å². The summed E-state index contributed by atoms with van der Waals surface area (Å²) in [5, 5.41) is 0. The predicted molar refractivity (Wildman–Crippen MR) is 104 cm³/mol. The first-order chi connectivity index (χ1) is 11.5. The van der Waals surface area contributed by atoms with Crippen LogP contribution in [-0.4, -0.2) is 36.1 Å². The Morgan fingerprint density at radius 3 is 2.32 bits per heavy atom. The molecule has 5 heteroatoms. The third kappa shape index (κ3) is 5.11. The van der Waals surface area contributed by atoms with Crippen LogP contribution in [0.3, 0.4) is 0 Å². The van der Waals surface area contributed by atoms with Crippen molar-refractivity contribution in [2.45, 2.75) is 64.6 Å². The molecule has 0 spiro atoms. The highest BCUT2D eigenvalue weighted by molar-refractivity contribution is 5.96. The van der Waals surface area contributed by atoms with Gasteiger partial charge in [-0.25, -0.2) is 0 Å². The summed E-state index contributed by atoms with van der Waals surface area (Å²) in [6.07, 6.45) is 7.61. The Kier molecular flexibility index (Phi) is 7.14. The van der Waals surface area contributed by atoms with Crippen LogP contribution in [0.1, 0.15) is 61.4 Å². The minimum absolute atomic E-state index is 0. The topological polar surface area (TPSA) is 55.6 Å². The lowest BCUT2D eigenvalue weighted by atomic mass is 9.88. The number of rotatable bonds is 3. The largest absolute Gasteiger partial charge is 0.399 e. The number of nitrogens with two attached hydrogens (primary N) is 1. The zero-order chi connectivity index (χ0) is 17.1. The van der Waals surface area contributed by atoms with E-state index in [0.717, 1.165) is 43.0 Å². The number of aryl methyl sites for hydroxylation is 1. The van der Waals surface area contributed by atoms with Crippen LogP contribution >= 0.6 is 12.4 Å².